The number of aliphatic hydroxyl groups is 1. The number of alkyl halides is 3. The number of anilines is 1. The van der Waals surface area contributed by atoms with E-state index in [2.05, 4.69) is 32.4 Å². The van der Waals surface area contributed by atoms with Crippen molar-refractivity contribution in [3.63, 3.8) is 0 Å². The van der Waals surface area contributed by atoms with Crippen LogP contribution in [-0.4, -0.2) is 72.3 Å². The average molecular weight is 512 g/mol. The monoisotopic (exact) mass is 511 g/mol. The maximum atomic E-state index is 13.3. The van der Waals surface area contributed by atoms with Gasteiger partial charge in [-0.05, 0) is 61.5 Å². The summed E-state index contributed by atoms with van der Waals surface area (Å²) in [6.07, 6.45) is -3.18. The van der Waals surface area contributed by atoms with Crippen LogP contribution in [0.25, 0.3) is 10.1 Å². The van der Waals surface area contributed by atoms with Crippen LogP contribution in [0.1, 0.15) is 38.5 Å². The first kappa shape index (κ1) is 24.8. The zero-order valence-electron chi connectivity index (χ0n) is 19.7. The van der Waals surface area contributed by atoms with E-state index in [4.69, 9.17) is 9.47 Å². The second-order valence-corrected chi connectivity index (χ2v) is 10.4. The molecule has 3 atom stereocenters. The van der Waals surface area contributed by atoms with E-state index in [1.54, 1.807) is 11.5 Å². The van der Waals surface area contributed by atoms with E-state index in [0.29, 0.717) is 31.4 Å². The quantitative estimate of drug-likeness (QED) is 0.532. The van der Waals surface area contributed by atoms with Gasteiger partial charge in [0.25, 0.3) is 0 Å². The minimum Gasteiger partial charge on any atom is -0.469 e. The molecule has 3 heterocycles. The Morgan fingerprint density at radius 2 is 1.94 bits per heavy atom. The van der Waals surface area contributed by atoms with Gasteiger partial charge in [0.2, 0.25) is 0 Å². The van der Waals surface area contributed by atoms with Crippen molar-refractivity contribution in [3.8, 4) is 0 Å². The van der Waals surface area contributed by atoms with Gasteiger partial charge in [-0.25, -0.2) is 0 Å². The molecule has 2 aromatic rings. The van der Waals surface area contributed by atoms with Crippen LogP contribution in [0.4, 0.5) is 19.0 Å². The van der Waals surface area contributed by atoms with Gasteiger partial charge < -0.3 is 19.5 Å². The van der Waals surface area contributed by atoms with E-state index < -0.39 is 24.8 Å². The zero-order valence-corrected chi connectivity index (χ0v) is 20.5. The number of ether oxygens (including phenoxy) is 2. The molecule has 35 heavy (non-hydrogen) atoms. The first-order valence-corrected chi connectivity index (χ1v) is 13.2. The Morgan fingerprint density at radius 3 is 2.74 bits per heavy atom. The fourth-order valence-corrected chi connectivity index (χ4v) is 6.19. The molecule has 10 heteroatoms. The number of hydrogen-bond donors (Lipinski definition) is 1. The molecule has 1 aromatic carbocycles. The summed E-state index contributed by atoms with van der Waals surface area (Å²) in [6.45, 7) is 5.54. The number of unbranched alkanes of at least 4 members (excludes halogenated alkanes) is 1. The number of nitrogens with zero attached hydrogens (tertiary/aromatic N) is 3. The van der Waals surface area contributed by atoms with Gasteiger partial charge in [-0.3, -0.25) is 4.90 Å². The number of piperazine rings is 1. The number of fused-ring (bicyclic) bond motifs is 1. The van der Waals surface area contributed by atoms with Crippen molar-refractivity contribution in [2.45, 2.75) is 57.1 Å². The molecule has 1 aliphatic carbocycles. The number of aliphatic hydroxyl groups excluding tert-OH is 1. The Balaban J connectivity index is 1.01. The fraction of sp³-hybridized carbons (Fsp3) is 0.640. The minimum atomic E-state index is -4.35. The van der Waals surface area contributed by atoms with Crippen molar-refractivity contribution in [1.82, 2.24) is 9.27 Å². The third-order valence-electron chi connectivity index (χ3n) is 7.29. The lowest BCUT2D eigenvalue weighted by Gasteiger charge is -2.37. The summed E-state index contributed by atoms with van der Waals surface area (Å²) in [7, 11) is 0. The number of hydrogen-bond acceptors (Lipinski definition) is 7. The Bertz CT molecular complexity index is 1040. The maximum absolute atomic E-state index is 13.3. The maximum Gasteiger partial charge on any atom is 0.395 e. The summed E-state index contributed by atoms with van der Waals surface area (Å²) in [5, 5.41) is 11.0. The highest BCUT2D eigenvalue weighted by Gasteiger charge is 2.48. The topological polar surface area (TPSA) is 58.1 Å². The van der Waals surface area contributed by atoms with Crippen LogP contribution in [0.3, 0.4) is 0 Å². The average Bonchev–Trinajstić information content (AvgIpc) is 3.27. The van der Waals surface area contributed by atoms with E-state index >= 15 is 0 Å². The van der Waals surface area contributed by atoms with Crippen LogP contribution in [-0.2, 0) is 9.47 Å². The predicted molar refractivity (Wildman–Crippen MR) is 129 cm³/mol. The molecule has 3 unspecified atom stereocenters. The third kappa shape index (κ3) is 5.76. The second kappa shape index (κ2) is 10.6. The molecule has 5 rings (SSSR count). The van der Waals surface area contributed by atoms with E-state index in [1.807, 2.05) is 6.07 Å². The first-order chi connectivity index (χ1) is 16.9. The van der Waals surface area contributed by atoms with E-state index in [1.165, 1.54) is 10.1 Å². The Morgan fingerprint density at radius 1 is 1.14 bits per heavy atom. The molecular weight excluding hydrogens is 479 g/mol. The summed E-state index contributed by atoms with van der Waals surface area (Å²) in [5.74, 6) is -0.217. The molecule has 0 amide bonds. The van der Waals surface area contributed by atoms with Gasteiger partial charge in [0.15, 0.2) is 6.29 Å². The van der Waals surface area contributed by atoms with Gasteiger partial charge in [0, 0.05) is 51.0 Å². The van der Waals surface area contributed by atoms with Crippen LogP contribution in [0, 0.1) is 5.92 Å². The molecule has 1 aromatic heterocycles. The SMILES string of the molecule is OC1CC(C(F)(F)F)C2=C(CC(OCCCCN3CCN(c4nsc5ccccc45)CC3)CC2)O1. The van der Waals surface area contributed by atoms with Crippen LogP contribution in [0.5, 0.6) is 0 Å². The Hall–Kier alpha value is -1.88. The fourth-order valence-electron chi connectivity index (χ4n) is 5.39. The Kier molecular flexibility index (Phi) is 7.52. The lowest BCUT2D eigenvalue weighted by atomic mass is 9.82. The van der Waals surface area contributed by atoms with E-state index in [-0.39, 0.29) is 11.9 Å². The number of halogens is 3. The predicted octanol–water partition coefficient (Wildman–Crippen LogP) is 4.94. The molecule has 0 radical (unpaired) electrons. The standard InChI is InChI=1S/C25H32F3N3O3S/c26-25(27,28)20-16-23(32)34-21-15-17(7-8-18(20)21)33-14-4-3-9-30-10-12-31(13-11-30)24-19-5-1-2-6-22(19)35-29-24/h1-2,5-6,17,20,23,32H,3-4,7-16H2. The van der Waals surface area contributed by atoms with Crippen LogP contribution in [0.15, 0.2) is 35.6 Å². The first-order valence-electron chi connectivity index (χ1n) is 12.4. The smallest absolute Gasteiger partial charge is 0.395 e. The van der Waals surface area contributed by atoms with Crippen LogP contribution < -0.4 is 4.90 Å². The van der Waals surface area contributed by atoms with Crippen LogP contribution >= 0.6 is 11.5 Å². The van der Waals surface area contributed by atoms with Gasteiger partial charge >= 0.3 is 6.18 Å². The van der Waals surface area contributed by atoms with Gasteiger partial charge in [0.05, 0.1) is 16.7 Å². The van der Waals surface area contributed by atoms with Crippen molar-refractivity contribution in [3.05, 3.63) is 35.6 Å². The lowest BCUT2D eigenvalue weighted by Crippen LogP contribution is -2.46. The van der Waals surface area contributed by atoms with Gasteiger partial charge in [-0.15, -0.1) is 0 Å². The van der Waals surface area contributed by atoms with E-state index in [9.17, 15) is 18.3 Å². The summed E-state index contributed by atoms with van der Waals surface area (Å²) < 4.78 is 57.2. The van der Waals surface area contributed by atoms with Crippen LogP contribution in [0.2, 0.25) is 0 Å². The molecule has 1 fully saturated rings. The van der Waals surface area contributed by atoms with Crippen molar-refractivity contribution in [2.75, 3.05) is 44.2 Å². The summed E-state index contributed by atoms with van der Waals surface area (Å²) in [5.41, 5.74) is 0.299. The summed E-state index contributed by atoms with van der Waals surface area (Å²) in [4.78, 5) is 4.84. The minimum absolute atomic E-state index is 0.149. The summed E-state index contributed by atoms with van der Waals surface area (Å²) >= 11 is 1.55. The Labute approximate surface area is 207 Å². The van der Waals surface area contributed by atoms with Gasteiger partial charge in [-0.2, -0.15) is 17.5 Å². The second-order valence-electron chi connectivity index (χ2n) is 9.62. The molecule has 6 nitrogen and oxygen atoms in total. The number of aromatic nitrogens is 1. The third-order valence-corrected chi connectivity index (χ3v) is 8.11. The normalized spacial score (nSPS) is 26.2. The largest absolute Gasteiger partial charge is 0.469 e. The number of benzene rings is 1. The molecule has 0 spiro atoms. The van der Waals surface area contributed by atoms with Crippen molar-refractivity contribution < 1.29 is 27.8 Å². The highest BCUT2D eigenvalue weighted by atomic mass is 32.1. The zero-order chi connectivity index (χ0) is 24.4. The molecule has 2 aliphatic heterocycles. The highest BCUT2D eigenvalue weighted by Crippen LogP contribution is 2.45. The molecule has 1 N–H and O–H groups in total. The molecule has 0 bridgehead atoms. The molecule has 3 aliphatic rings. The summed E-state index contributed by atoms with van der Waals surface area (Å²) in [6, 6.07) is 8.36. The van der Waals surface area contributed by atoms with E-state index in [0.717, 1.165) is 51.4 Å². The lowest BCUT2D eigenvalue weighted by molar-refractivity contribution is -0.200. The van der Waals surface area contributed by atoms with Crippen molar-refractivity contribution >= 4 is 27.4 Å². The van der Waals surface area contributed by atoms with Crippen molar-refractivity contribution in [2.24, 2.45) is 5.92 Å². The molecular formula is C25H32F3N3O3S. The van der Waals surface area contributed by atoms with Crippen molar-refractivity contribution in [1.29, 1.82) is 0 Å². The molecule has 0 saturated carbocycles. The highest BCUT2D eigenvalue weighted by molar-refractivity contribution is 7.13. The number of rotatable bonds is 7. The van der Waals surface area contributed by atoms with Gasteiger partial charge in [0.1, 0.15) is 11.6 Å². The number of allylic oxidation sites excluding steroid dienone is 1. The molecule has 192 valence electrons. The molecule has 1 saturated heterocycles. The van der Waals surface area contributed by atoms with Gasteiger partial charge in [-0.1, -0.05) is 12.1 Å².